The Kier molecular flexibility index (Phi) is 2.81. The summed E-state index contributed by atoms with van der Waals surface area (Å²) in [5.74, 6) is 0. The minimum atomic E-state index is -0.611. The smallest absolute Gasteiger partial charge is 0.316 e. The molecule has 1 rings (SSSR count). The van der Waals surface area contributed by atoms with E-state index in [4.69, 9.17) is 23.7 Å². The van der Waals surface area contributed by atoms with Crippen LogP contribution in [0.4, 0.5) is 10.5 Å². The molecule has 0 saturated carbocycles. The molecule has 0 heterocycles. The molecule has 1 aromatic rings. The highest BCUT2D eigenvalue weighted by molar-refractivity contribution is 7.80. The number of thiocarbonyl (C=S) groups is 1. The van der Waals surface area contributed by atoms with Crippen molar-refractivity contribution in [2.45, 2.75) is 0 Å². The highest BCUT2D eigenvalue weighted by atomic mass is 32.1. The molecule has 1 aromatic carbocycles. The van der Waals surface area contributed by atoms with Gasteiger partial charge in [-0.1, -0.05) is 24.4 Å². The SMILES string of the molecule is NC(=O)Nc1cccc(C(N)=S)c1. The van der Waals surface area contributed by atoms with Gasteiger partial charge in [0.25, 0.3) is 0 Å². The molecule has 0 unspecified atom stereocenters. The maximum absolute atomic E-state index is 10.5. The molecule has 0 aliphatic heterocycles. The van der Waals surface area contributed by atoms with E-state index < -0.39 is 6.03 Å². The van der Waals surface area contributed by atoms with Gasteiger partial charge in [-0.15, -0.1) is 0 Å². The van der Waals surface area contributed by atoms with Crippen molar-refractivity contribution in [3.8, 4) is 0 Å². The van der Waals surface area contributed by atoms with Crippen LogP contribution >= 0.6 is 12.2 Å². The van der Waals surface area contributed by atoms with E-state index in [-0.39, 0.29) is 4.99 Å². The number of nitrogens with two attached hydrogens (primary N) is 2. The molecule has 0 atom stereocenters. The lowest BCUT2D eigenvalue weighted by atomic mass is 10.2. The number of carbonyl (C=O) groups is 1. The Bertz CT molecular complexity index is 351. The molecule has 0 aliphatic carbocycles. The molecule has 0 bridgehead atoms. The Balaban J connectivity index is 2.91. The van der Waals surface area contributed by atoms with Crippen molar-refractivity contribution in [3.05, 3.63) is 29.8 Å². The summed E-state index contributed by atoms with van der Waals surface area (Å²) in [5, 5.41) is 2.42. The number of primary amides is 1. The van der Waals surface area contributed by atoms with Gasteiger partial charge in [-0.2, -0.15) is 0 Å². The third-order valence-corrected chi connectivity index (χ3v) is 1.65. The molecule has 0 saturated heterocycles. The number of amides is 2. The van der Waals surface area contributed by atoms with Crippen LogP contribution in [-0.2, 0) is 0 Å². The fourth-order valence-electron chi connectivity index (χ4n) is 0.892. The van der Waals surface area contributed by atoms with Crippen LogP contribution in [-0.4, -0.2) is 11.0 Å². The molecule has 0 aliphatic rings. The summed E-state index contributed by atoms with van der Waals surface area (Å²) in [6, 6.07) is 6.24. The summed E-state index contributed by atoms with van der Waals surface area (Å²) in [4.78, 5) is 10.8. The zero-order valence-corrected chi connectivity index (χ0v) is 7.60. The van der Waals surface area contributed by atoms with Gasteiger partial charge in [-0.25, -0.2) is 4.79 Å². The summed E-state index contributed by atoms with van der Waals surface area (Å²) >= 11 is 4.77. The molecule has 5 N–H and O–H groups in total. The first-order valence-electron chi connectivity index (χ1n) is 3.56. The standard InChI is InChI=1S/C8H9N3OS/c9-7(13)5-2-1-3-6(4-5)11-8(10)12/h1-4H,(H2,9,13)(H3,10,11,12). The molecule has 13 heavy (non-hydrogen) atoms. The van der Waals surface area contributed by atoms with Crippen LogP contribution in [0.15, 0.2) is 24.3 Å². The van der Waals surface area contributed by atoms with Crippen LogP contribution in [0.2, 0.25) is 0 Å². The van der Waals surface area contributed by atoms with Gasteiger partial charge < -0.3 is 16.8 Å². The predicted octanol–water partition coefficient (Wildman–Crippen LogP) is 0.811. The zero-order chi connectivity index (χ0) is 9.84. The van der Waals surface area contributed by atoms with Crippen molar-refractivity contribution in [1.82, 2.24) is 0 Å². The van der Waals surface area contributed by atoms with Crippen LogP contribution in [0.25, 0.3) is 0 Å². The fraction of sp³-hybridized carbons (Fsp3) is 0. The highest BCUT2D eigenvalue weighted by Gasteiger charge is 1.99. The summed E-state index contributed by atoms with van der Waals surface area (Å²) in [5.41, 5.74) is 11.6. The zero-order valence-electron chi connectivity index (χ0n) is 6.78. The van der Waals surface area contributed by atoms with E-state index in [0.717, 1.165) is 0 Å². The first-order valence-corrected chi connectivity index (χ1v) is 3.97. The van der Waals surface area contributed by atoms with Gasteiger partial charge in [0.15, 0.2) is 0 Å². The lowest BCUT2D eigenvalue weighted by molar-refractivity contribution is 0.259. The molecule has 0 fully saturated rings. The number of benzene rings is 1. The molecule has 0 radical (unpaired) electrons. The number of carbonyl (C=O) groups excluding carboxylic acids is 1. The van der Waals surface area contributed by atoms with E-state index >= 15 is 0 Å². The summed E-state index contributed by atoms with van der Waals surface area (Å²) in [6.07, 6.45) is 0. The van der Waals surface area contributed by atoms with Crippen LogP contribution in [0.1, 0.15) is 5.56 Å². The van der Waals surface area contributed by atoms with Crippen molar-refractivity contribution in [2.75, 3.05) is 5.32 Å². The fourth-order valence-corrected chi connectivity index (χ4v) is 1.02. The number of hydrogen-bond donors (Lipinski definition) is 3. The second-order valence-corrected chi connectivity index (χ2v) is 2.87. The topological polar surface area (TPSA) is 81.1 Å². The van der Waals surface area contributed by atoms with Crippen LogP contribution in [0.3, 0.4) is 0 Å². The van der Waals surface area contributed by atoms with Crippen molar-refractivity contribution < 1.29 is 4.79 Å². The minimum absolute atomic E-state index is 0.285. The van der Waals surface area contributed by atoms with E-state index in [1.165, 1.54) is 0 Å². The molecule has 68 valence electrons. The average Bonchev–Trinajstić information content (AvgIpc) is 2.03. The summed E-state index contributed by atoms with van der Waals surface area (Å²) in [6.45, 7) is 0. The van der Waals surface area contributed by atoms with Crippen LogP contribution in [0.5, 0.6) is 0 Å². The third kappa shape index (κ3) is 2.72. The minimum Gasteiger partial charge on any atom is -0.389 e. The monoisotopic (exact) mass is 195 g/mol. The van der Waals surface area contributed by atoms with E-state index in [1.54, 1.807) is 24.3 Å². The third-order valence-electron chi connectivity index (χ3n) is 1.41. The average molecular weight is 195 g/mol. The number of urea groups is 1. The van der Waals surface area contributed by atoms with E-state index in [0.29, 0.717) is 11.3 Å². The molecule has 5 heteroatoms. The summed E-state index contributed by atoms with van der Waals surface area (Å²) in [7, 11) is 0. The number of rotatable bonds is 2. The molecule has 4 nitrogen and oxygen atoms in total. The van der Waals surface area contributed by atoms with E-state index in [1.807, 2.05) is 0 Å². The maximum Gasteiger partial charge on any atom is 0.316 e. The second-order valence-electron chi connectivity index (χ2n) is 2.43. The Morgan fingerprint density at radius 3 is 2.62 bits per heavy atom. The molecule has 2 amide bonds. The Labute approximate surface area is 80.9 Å². The second kappa shape index (κ2) is 3.86. The lowest BCUT2D eigenvalue weighted by Crippen LogP contribution is -2.19. The summed E-state index contributed by atoms with van der Waals surface area (Å²) < 4.78 is 0. The molecule has 0 aromatic heterocycles. The van der Waals surface area contributed by atoms with Crippen LogP contribution in [0, 0.1) is 0 Å². The normalized spacial score (nSPS) is 9.23. The number of anilines is 1. The van der Waals surface area contributed by atoms with Crippen molar-refractivity contribution >= 4 is 28.9 Å². The molecular weight excluding hydrogens is 186 g/mol. The predicted molar refractivity (Wildman–Crippen MR) is 55.5 cm³/mol. The van der Waals surface area contributed by atoms with Gasteiger partial charge >= 0.3 is 6.03 Å². The van der Waals surface area contributed by atoms with E-state index in [2.05, 4.69) is 5.32 Å². The first-order chi connectivity index (χ1) is 6.09. The van der Waals surface area contributed by atoms with Crippen LogP contribution < -0.4 is 16.8 Å². The van der Waals surface area contributed by atoms with Gasteiger partial charge in [-0.3, -0.25) is 0 Å². The quantitative estimate of drug-likeness (QED) is 0.611. The van der Waals surface area contributed by atoms with Gasteiger partial charge in [-0.05, 0) is 12.1 Å². The van der Waals surface area contributed by atoms with Crippen molar-refractivity contribution in [3.63, 3.8) is 0 Å². The Morgan fingerprint density at radius 1 is 1.38 bits per heavy atom. The molecular formula is C8H9N3OS. The van der Waals surface area contributed by atoms with E-state index in [9.17, 15) is 4.79 Å². The molecule has 0 spiro atoms. The maximum atomic E-state index is 10.5. The van der Waals surface area contributed by atoms with Gasteiger partial charge in [0.05, 0.1) is 0 Å². The Morgan fingerprint density at radius 2 is 2.08 bits per heavy atom. The largest absolute Gasteiger partial charge is 0.389 e. The number of nitrogens with one attached hydrogen (secondary N) is 1. The van der Waals surface area contributed by atoms with Gasteiger partial charge in [0, 0.05) is 11.3 Å². The number of hydrogen-bond acceptors (Lipinski definition) is 2. The Hall–Kier alpha value is -1.62. The highest BCUT2D eigenvalue weighted by Crippen LogP contribution is 2.09. The first kappa shape index (κ1) is 9.47. The van der Waals surface area contributed by atoms with Gasteiger partial charge in [0.2, 0.25) is 0 Å². The van der Waals surface area contributed by atoms with Gasteiger partial charge in [0.1, 0.15) is 4.99 Å². The van der Waals surface area contributed by atoms with Crippen molar-refractivity contribution in [2.24, 2.45) is 11.5 Å². The lowest BCUT2D eigenvalue weighted by Gasteiger charge is -2.03. The van der Waals surface area contributed by atoms with Crippen molar-refractivity contribution in [1.29, 1.82) is 0 Å².